The molecule has 2 rings (SSSR count). The predicted molar refractivity (Wildman–Crippen MR) is 83.3 cm³/mol. The van der Waals surface area contributed by atoms with Crippen molar-refractivity contribution >= 4 is 23.1 Å². The number of hydrogen-bond acceptors (Lipinski definition) is 4. The monoisotopic (exact) mass is 301 g/mol. The van der Waals surface area contributed by atoms with Crippen molar-refractivity contribution in [2.75, 3.05) is 17.2 Å². The Morgan fingerprint density at radius 1 is 1.14 bits per heavy atom. The van der Waals surface area contributed by atoms with Crippen LogP contribution in [0, 0.1) is 10.1 Å². The lowest BCUT2D eigenvalue weighted by Crippen LogP contribution is -2.20. The molecule has 0 atom stereocenters. The number of anilines is 2. The van der Waals surface area contributed by atoms with Crippen LogP contribution >= 0.6 is 0 Å². The van der Waals surface area contributed by atoms with E-state index in [-0.39, 0.29) is 11.4 Å². The highest BCUT2D eigenvalue weighted by molar-refractivity contribution is 6.01. The van der Waals surface area contributed by atoms with Gasteiger partial charge in [-0.3, -0.25) is 10.1 Å². The van der Waals surface area contributed by atoms with E-state index in [0.29, 0.717) is 18.0 Å². The van der Waals surface area contributed by atoms with Crippen molar-refractivity contribution in [3.05, 3.63) is 58.6 Å². The summed E-state index contributed by atoms with van der Waals surface area (Å²) in [6.07, 6.45) is 0. The predicted octanol–water partition coefficient (Wildman–Crippen LogP) is 3.64. The number of amides is 2. The molecule has 114 valence electrons. The Morgan fingerprint density at radius 3 is 2.45 bits per heavy atom. The number of nitrogens with zero attached hydrogens (tertiary/aromatic N) is 1. The molecule has 0 aliphatic rings. The van der Waals surface area contributed by atoms with E-state index in [1.165, 1.54) is 18.2 Å². The molecule has 2 aromatic carbocycles. The summed E-state index contributed by atoms with van der Waals surface area (Å²) in [6.45, 7) is 2.44. The van der Waals surface area contributed by atoms with Gasteiger partial charge in [0.05, 0.1) is 11.5 Å². The number of benzene rings is 2. The highest BCUT2D eigenvalue weighted by Gasteiger charge is 2.14. The molecule has 0 saturated carbocycles. The molecular formula is C15H15N3O4. The van der Waals surface area contributed by atoms with Crippen LogP contribution in [-0.2, 0) is 0 Å². The van der Waals surface area contributed by atoms with Crippen LogP contribution in [0.3, 0.4) is 0 Å². The topological polar surface area (TPSA) is 93.5 Å². The second-order valence-electron chi connectivity index (χ2n) is 4.31. The third-order valence-corrected chi connectivity index (χ3v) is 2.77. The summed E-state index contributed by atoms with van der Waals surface area (Å²) >= 11 is 0. The van der Waals surface area contributed by atoms with Crippen LogP contribution in [0.1, 0.15) is 6.92 Å². The lowest BCUT2D eigenvalue weighted by Gasteiger charge is -2.09. The van der Waals surface area contributed by atoms with Gasteiger partial charge < -0.3 is 15.4 Å². The van der Waals surface area contributed by atoms with E-state index in [0.717, 1.165) is 0 Å². The fraction of sp³-hybridized carbons (Fsp3) is 0.133. The third-order valence-electron chi connectivity index (χ3n) is 2.77. The van der Waals surface area contributed by atoms with Crippen molar-refractivity contribution in [3.63, 3.8) is 0 Å². The Balaban J connectivity index is 2.02. The van der Waals surface area contributed by atoms with Gasteiger partial charge in [0.15, 0.2) is 0 Å². The number of nitro groups is 1. The molecule has 7 heteroatoms. The zero-order valence-electron chi connectivity index (χ0n) is 11.9. The van der Waals surface area contributed by atoms with Gasteiger partial charge in [-0.1, -0.05) is 12.1 Å². The Kier molecular flexibility index (Phi) is 4.92. The molecule has 2 N–H and O–H groups in total. The lowest BCUT2D eigenvalue weighted by molar-refractivity contribution is -0.383. The molecule has 0 heterocycles. The van der Waals surface area contributed by atoms with Crippen LogP contribution in [0.5, 0.6) is 5.75 Å². The molecule has 2 amide bonds. The molecule has 2 aromatic rings. The van der Waals surface area contributed by atoms with Crippen molar-refractivity contribution in [1.29, 1.82) is 0 Å². The summed E-state index contributed by atoms with van der Waals surface area (Å²) in [5.41, 5.74) is 0.528. The molecule has 0 aliphatic carbocycles. The van der Waals surface area contributed by atoms with Crippen molar-refractivity contribution in [1.82, 2.24) is 0 Å². The number of rotatable bonds is 5. The zero-order chi connectivity index (χ0) is 15.9. The quantitative estimate of drug-likeness (QED) is 0.651. The summed E-state index contributed by atoms with van der Waals surface area (Å²) < 4.78 is 5.30. The van der Waals surface area contributed by atoms with Gasteiger partial charge >= 0.3 is 6.03 Å². The maximum Gasteiger partial charge on any atom is 0.323 e. The smallest absolute Gasteiger partial charge is 0.323 e. The minimum absolute atomic E-state index is 0.135. The number of nitrogens with one attached hydrogen (secondary N) is 2. The normalized spacial score (nSPS) is 9.86. The first kappa shape index (κ1) is 15.3. The van der Waals surface area contributed by atoms with Crippen molar-refractivity contribution in [2.24, 2.45) is 0 Å². The second kappa shape index (κ2) is 7.07. The lowest BCUT2D eigenvalue weighted by atomic mass is 10.2. The number of hydrogen-bond donors (Lipinski definition) is 2. The minimum Gasteiger partial charge on any atom is -0.494 e. The molecule has 0 bridgehead atoms. The first-order valence-corrected chi connectivity index (χ1v) is 6.64. The van der Waals surface area contributed by atoms with E-state index in [2.05, 4.69) is 10.6 Å². The Hall–Kier alpha value is -3.09. The van der Waals surface area contributed by atoms with E-state index < -0.39 is 11.0 Å². The molecule has 0 aliphatic heterocycles. The summed E-state index contributed by atoms with van der Waals surface area (Å²) in [7, 11) is 0. The van der Waals surface area contributed by atoms with Crippen LogP contribution in [0.15, 0.2) is 48.5 Å². The van der Waals surface area contributed by atoms with Gasteiger partial charge in [0.1, 0.15) is 11.4 Å². The molecule has 0 saturated heterocycles. The van der Waals surface area contributed by atoms with Gasteiger partial charge in [-0.05, 0) is 37.3 Å². The van der Waals surface area contributed by atoms with Gasteiger partial charge in [0, 0.05) is 11.8 Å². The van der Waals surface area contributed by atoms with Crippen LogP contribution < -0.4 is 15.4 Å². The number of urea groups is 1. The third kappa shape index (κ3) is 3.95. The molecule has 7 nitrogen and oxygen atoms in total. The van der Waals surface area contributed by atoms with E-state index in [1.807, 2.05) is 6.92 Å². The second-order valence-corrected chi connectivity index (χ2v) is 4.31. The van der Waals surface area contributed by atoms with Crippen LogP contribution in [0.4, 0.5) is 21.9 Å². The SMILES string of the molecule is CCOc1ccc(NC(=O)Nc2ccccc2[N+](=O)[O-])cc1. The summed E-state index contributed by atoms with van der Waals surface area (Å²) in [4.78, 5) is 22.2. The van der Waals surface area contributed by atoms with E-state index in [4.69, 9.17) is 4.74 Å². The molecule has 0 radical (unpaired) electrons. The van der Waals surface area contributed by atoms with E-state index in [9.17, 15) is 14.9 Å². The number of para-hydroxylation sites is 2. The molecule has 22 heavy (non-hydrogen) atoms. The van der Waals surface area contributed by atoms with Gasteiger partial charge in [-0.25, -0.2) is 4.79 Å². The van der Waals surface area contributed by atoms with Crippen LogP contribution in [-0.4, -0.2) is 17.6 Å². The largest absolute Gasteiger partial charge is 0.494 e. The fourth-order valence-electron chi connectivity index (χ4n) is 1.82. The molecular weight excluding hydrogens is 286 g/mol. The number of carbonyl (C=O) groups is 1. The van der Waals surface area contributed by atoms with Crippen LogP contribution in [0.2, 0.25) is 0 Å². The highest BCUT2D eigenvalue weighted by atomic mass is 16.6. The molecule has 0 aromatic heterocycles. The van der Waals surface area contributed by atoms with Gasteiger partial charge in [0.2, 0.25) is 0 Å². The minimum atomic E-state index is -0.557. The number of ether oxygens (including phenoxy) is 1. The van der Waals surface area contributed by atoms with Gasteiger partial charge in [-0.15, -0.1) is 0 Å². The van der Waals surface area contributed by atoms with Crippen molar-refractivity contribution in [2.45, 2.75) is 6.92 Å². The summed E-state index contributed by atoms with van der Waals surface area (Å²) in [6, 6.07) is 12.2. The maximum absolute atomic E-state index is 11.9. The Morgan fingerprint density at radius 2 is 1.82 bits per heavy atom. The maximum atomic E-state index is 11.9. The van der Waals surface area contributed by atoms with Gasteiger partial charge in [0.25, 0.3) is 5.69 Å². The molecule has 0 unspecified atom stereocenters. The standard InChI is InChI=1S/C15H15N3O4/c1-2-22-12-9-7-11(8-10-12)16-15(19)17-13-5-3-4-6-14(13)18(20)21/h3-10H,2H2,1H3,(H2,16,17,19). The first-order valence-electron chi connectivity index (χ1n) is 6.64. The highest BCUT2D eigenvalue weighted by Crippen LogP contribution is 2.23. The average Bonchev–Trinajstić information content (AvgIpc) is 2.50. The molecule has 0 fully saturated rings. The van der Waals surface area contributed by atoms with Crippen molar-refractivity contribution in [3.8, 4) is 5.75 Å². The number of nitro benzene ring substituents is 1. The summed E-state index contributed by atoms with van der Waals surface area (Å²) in [5.74, 6) is 0.701. The van der Waals surface area contributed by atoms with E-state index >= 15 is 0 Å². The average molecular weight is 301 g/mol. The van der Waals surface area contributed by atoms with Crippen molar-refractivity contribution < 1.29 is 14.5 Å². The number of carbonyl (C=O) groups excluding carboxylic acids is 1. The van der Waals surface area contributed by atoms with Gasteiger partial charge in [-0.2, -0.15) is 0 Å². The zero-order valence-corrected chi connectivity index (χ0v) is 11.9. The first-order chi connectivity index (χ1) is 10.6. The fourth-order valence-corrected chi connectivity index (χ4v) is 1.82. The summed E-state index contributed by atoms with van der Waals surface area (Å²) in [5, 5.41) is 15.9. The van der Waals surface area contributed by atoms with E-state index in [1.54, 1.807) is 30.3 Å². The molecule has 0 spiro atoms. The van der Waals surface area contributed by atoms with Crippen LogP contribution in [0.25, 0.3) is 0 Å². The Bertz CT molecular complexity index is 671. The Labute approximate surface area is 127 Å².